The largest absolute Gasteiger partial charge is 0.481 e. The molecule has 0 aromatic carbocycles. The molecular formula is C13H23NO3. The zero-order valence-electron chi connectivity index (χ0n) is 10.6. The Balaban J connectivity index is 1.96. The van der Waals surface area contributed by atoms with Gasteiger partial charge in [-0.2, -0.15) is 0 Å². The van der Waals surface area contributed by atoms with Gasteiger partial charge in [0, 0.05) is 18.6 Å². The Morgan fingerprint density at radius 2 is 2.18 bits per heavy atom. The standard InChI is InChI=1S/C13H23NO3/c1-10(11-4-2-3-5-11)14-6-7-17-9-12(14)8-13(15)16/h10-12H,2-9H2,1H3,(H,15,16). The van der Waals surface area contributed by atoms with Gasteiger partial charge >= 0.3 is 5.97 Å². The van der Waals surface area contributed by atoms with Crippen molar-refractivity contribution < 1.29 is 14.6 Å². The second-order valence-corrected chi connectivity index (χ2v) is 5.35. The molecule has 1 aliphatic carbocycles. The van der Waals surface area contributed by atoms with Crippen molar-refractivity contribution in [2.75, 3.05) is 19.8 Å². The van der Waals surface area contributed by atoms with Crippen LogP contribution in [0.3, 0.4) is 0 Å². The second-order valence-electron chi connectivity index (χ2n) is 5.35. The lowest BCUT2D eigenvalue weighted by molar-refractivity contribution is -0.141. The average Bonchev–Trinajstić information content (AvgIpc) is 2.81. The van der Waals surface area contributed by atoms with E-state index in [0.29, 0.717) is 12.6 Å². The molecule has 0 amide bonds. The molecule has 0 radical (unpaired) electrons. The monoisotopic (exact) mass is 241 g/mol. The van der Waals surface area contributed by atoms with Crippen molar-refractivity contribution in [1.29, 1.82) is 0 Å². The molecule has 17 heavy (non-hydrogen) atoms. The van der Waals surface area contributed by atoms with Crippen LogP contribution >= 0.6 is 0 Å². The number of hydrogen-bond acceptors (Lipinski definition) is 3. The molecule has 0 aromatic heterocycles. The van der Waals surface area contributed by atoms with Gasteiger partial charge in [0.25, 0.3) is 0 Å². The van der Waals surface area contributed by atoms with Gasteiger partial charge in [0.05, 0.1) is 19.6 Å². The topological polar surface area (TPSA) is 49.8 Å². The van der Waals surface area contributed by atoms with Gasteiger partial charge in [-0.05, 0) is 25.7 Å². The molecular weight excluding hydrogens is 218 g/mol. The van der Waals surface area contributed by atoms with Crippen molar-refractivity contribution in [2.45, 2.75) is 51.1 Å². The van der Waals surface area contributed by atoms with E-state index in [-0.39, 0.29) is 12.5 Å². The highest BCUT2D eigenvalue weighted by Crippen LogP contribution is 2.31. The Kier molecular flexibility index (Phi) is 4.40. The number of carboxylic acids is 1. The van der Waals surface area contributed by atoms with Crippen LogP contribution in [-0.2, 0) is 9.53 Å². The Labute approximate surface area is 103 Å². The predicted octanol–water partition coefficient (Wildman–Crippen LogP) is 1.74. The molecule has 1 aliphatic heterocycles. The third kappa shape index (κ3) is 3.19. The maximum atomic E-state index is 10.9. The summed E-state index contributed by atoms with van der Waals surface area (Å²) in [6.45, 7) is 4.46. The van der Waals surface area contributed by atoms with Crippen LogP contribution in [0.25, 0.3) is 0 Å². The van der Waals surface area contributed by atoms with Crippen LogP contribution in [0.4, 0.5) is 0 Å². The van der Waals surface area contributed by atoms with Crippen LogP contribution in [0.1, 0.15) is 39.0 Å². The van der Waals surface area contributed by atoms with E-state index in [1.54, 1.807) is 0 Å². The van der Waals surface area contributed by atoms with Gasteiger partial charge in [-0.25, -0.2) is 0 Å². The average molecular weight is 241 g/mol. The zero-order chi connectivity index (χ0) is 12.3. The van der Waals surface area contributed by atoms with Crippen LogP contribution in [-0.4, -0.2) is 47.8 Å². The molecule has 2 aliphatic rings. The van der Waals surface area contributed by atoms with Gasteiger partial charge < -0.3 is 9.84 Å². The first-order chi connectivity index (χ1) is 8.18. The molecule has 2 fully saturated rings. The van der Waals surface area contributed by atoms with Gasteiger partial charge in [0.2, 0.25) is 0 Å². The number of nitrogens with zero attached hydrogens (tertiary/aromatic N) is 1. The summed E-state index contributed by atoms with van der Waals surface area (Å²) in [5, 5.41) is 8.95. The van der Waals surface area contributed by atoms with Crippen LogP contribution < -0.4 is 0 Å². The quantitative estimate of drug-likeness (QED) is 0.814. The number of rotatable bonds is 4. The smallest absolute Gasteiger partial charge is 0.305 e. The van der Waals surface area contributed by atoms with Crippen LogP contribution in [0.15, 0.2) is 0 Å². The van der Waals surface area contributed by atoms with Crippen molar-refractivity contribution >= 4 is 5.97 Å². The van der Waals surface area contributed by atoms with Crippen molar-refractivity contribution in [3.8, 4) is 0 Å². The summed E-state index contributed by atoms with van der Waals surface area (Å²) in [5.41, 5.74) is 0. The molecule has 4 heteroatoms. The van der Waals surface area contributed by atoms with Gasteiger partial charge in [-0.1, -0.05) is 12.8 Å². The van der Waals surface area contributed by atoms with Crippen molar-refractivity contribution in [3.05, 3.63) is 0 Å². The van der Waals surface area contributed by atoms with E-state index < -0.39 is 5.97 Å². The summed E-state index contributed by atoms with van der Waals surface area (Å²) < 4.78 is 5.42. The van der Waals surface area contributed by atoms with Crippen LogP contribution in [0.5, 0.6) is 0 Å². The Bertz CT molecular complexity index is 263. The Morgan fingerprint density at radius 3 is 2.82 bits per heavy atom. The fourth-order valence-electron chi connectivity index (χ4n) is 3.29. The first-order valence-electron chi connectivity index (χ1n) is 6.73. The van der Waals surface area contributed by atoms with Crippen LogP contribution in [0, 0.1) is 5.92 Å². The molecule has 0 bridgehead atoms. The molecule has 0 aromatic rings. The minimum Gasteiger partial charge on any atom is -0.481 e. The lowest BCUT2D eigenvalue weighted by Gasteiger charge is -2.41. The third-order valence-corrected chi connectivity index (χ3v) is 4.29. The fourth-order valence-corrected chi connectivity index (χ4v) is 3.29. The number of hydrogen-bond donors (Lipinski definition) is 1. The van der Waals surface area contributed by atoms with E-state index in [1.807, 2.05) is 0 Å². The Hall–Kier alpha value is -0.610. The van der Waals surface area contributed by atoms with Gasteiger partial charge in [0.1, 0.15) is 0 Å². The van der Waals surface area contributed by atoms with Crippen molar-refractivity contribution in [1.82, 2.24) is 4.90 Å². The minimum absolute atomic E-state index is 0.0665. The molecule has 2 unspecified atom stereocenters. The van der Waals surface area contributed by atoms with Gasteiger partial charge in [0.15, 0.2) is 0 Å². The molecule has 2 atom stereocenters. The molecule has 4 nitrogen and oxygen atoms in total. The summed E-state index contributed by atoms with van der Waals surface area (Å²) in [7, 11) is 0. The number of morpholine rings is 1. The molecule has 98 valence electrons. The third-order valence-electron chi connectivity index (χ3n) is 4.29. The van der Waals surface area contributed by atoms with E-state index >= 15 is 0 Å². The normalized spacial score (nSPS) is 29.4. The second kappa shape index (κ2) is 5.83. The summed E-state index contributed by atoms with van der Waals surface area (Å²) >= 11 is 0. The highest BCUT2D eigenvalue weighted by molar-refractivity contribution is 5.67. The molecule has 0 spiro atoms. The Morgan fingerprint density at radius 1 is 1.47 bits per heavy atom. The lowest BCUT2D eigenvalue weighted by Crippen LogP contribution is -2.52. The summed E-state index contributed by atoms with van der Waals surface area (Å²) in [4.78, 5) is 13.2. The fraction of sp³-hybridized carbons (Fsp3) is 0.923. The van der Waals surface area contributed by atoms with E-state index in [4.69, 9.17) is 9.84 Å². The highest BCUT2D eigenvalue weighted by atomic mass is 16.5. The predicted molar refractivity (Wildman–Crippen MR) is 65.0 cm³/mol. The first-order valence-corrected chi connectivity index (χ1v) is 6.73. The number of carbonyl (C=O) groups is 1. The minimum atomic E-state index is -0.718. The van der Waals surface area contributed by atoms with E-state index in [9.17, 15) is 4.79 Å². The number of ether oxygens (including phenoxy) is 1. The zero-order valence-corrected chi connectivity index (χ0v) is 10.6. The van der Waals surface area contributed by atoms with E-state index in [2.05, 4.69) is 11.8 Å². The van der Waals surface area contributed by atoms with Crippen molar-refractivity contribution in [3.63, 3.8) is 0 Å². The SMILES string of the molecule is CC(C1CCCC1)N1CCOCC1CC(=O)O. The highest BCUT2D eigenvalue weighted by Gasteiger charge is 2.33. The van der Waals surface area contributed by atoms with E-state index in [0.717, 1.165) is 19.1 Å². The molecule has 1 N–H and O–H groups in total. The summed E-state index contributed by atoms with van der Waals surface area (Å²) in [5.74, 6) is 0.0357. The lowest BCUT2D eigenvalue weighted by atomic mass is 9.95. The molecule has 2 rings (SSSR count). The maximum Gasteiger partial charge on any atom is 0.305 e. The van der Waals surface area contributed by atoms with Crippen molar-refractivity contribution in [2.24, 2.45) is 5.92 Å². The maximum absolute atomic E-state index is 10.9. The number of aliphatic carboxylic acids is 1. The van der Waals surface area contributed by atoms with E-state index in [1.165, 1.54) is 25.7 Å². The summed E-state index contributed by atoms with van der Waals surface area (Å²) in [6.07, 6.45) is 5.49. The molecule has 1 heterocycles. The van der Waals surface area contributed by atoms with Gasteiger partial charge in [-0.3, -0.25) is 9.69 Å². The molecule has 1 saturated carbocycles. The summed E-state index contributed by atoms with van der Waals surface area (Å²) in [6, 6.07) is 0.572. The van der Waals surface area contributed by atoms with Crippen LogP contribution in [0.2, 0.25) is 0 Å². The number of carboxylic acid groups (broad SMARTS) is 1. The van der Waals surface area contributed by atoms with Gasteiger partial charge in [-0.15, -0.1) is 0 Å². The molecule has 1 saturated heterocycles. The first kappa shape index (κ1) is 12.8.